The third kappa shape index (κ3) is 5.35. The van der Waals surface area contributed by atoms with Gasteiger partial charge in [0.25, 0.3) is 5.91 Å². The number of hydrogen-bond acceptors (Lipinski definition) is 3. The fourth-order valence-corrected chi connectivity index (χ4v) is 1.51. The molecule has 1 aromatic carbocycles. The van der Waals surface area contributed by atoms with Crippen molar-refractivity contribution in [1.29, 1.82) is 0 Å². The topological polar surface area (TPSA) is 64.3 Å². The van der Waals surface area contributed by atoms with Crippen LogP contribution in [-0.4, -0.2) is 25.2 Å². The number of rotatable bonds is 5. The molecule has 0 saturated heterocycles. The van der Waals surface area contributed by atoms with Crippen LogP contribution >= 0.6 is 11.6 Å². The minimum absolute atomic E-state index is 0.0964. The number of hydrogen-bond donors (Lipinski definition) is 2. The summed E-state index contributed by atoms with van der Waals surface area (Å²) in [5, 5.41) is 2.06. The Morgan fingerprint density at radius 3 is 2.68 bits per heavy atom. The van der Waals surface area contributed by atoms with Gasteiger partial charge in [-0.05, 0) is 12.1 Å². The van der Waals surface area contributed by atoms with Gasteiger partial charge in [0, 0.05) is 17.1 Å². The van der Waals surface area contributed by atoms with E-state index in [0.29, 0.717) is 10.6 Å². The molecule has 0 aliphatic heterocycles. The number of halogens is 4. The molecule has 0 heterocycles. The number of nitrogens with one attached hydrogen (secondary N) is 1. The van der Waals surface area contributed by atoms with Gasteiger partial charge in [-0.2, -0.15) is 13.2 Å². The van der Waals surface area contributed by atoms with Crippen LogP contribution in [0, 0.1) is 0 Å². The molecule has 0 aliphatic rings. The van der Waals surface area contributed by atoms with Crippen molar-refractivity contribution in [3.63, 3.8) is 0 Å². The van der Waals surface area contributed by atoms with Crippen LogP contribution in [-0.2, 0) is 11.3 Å². The Balaban J connectivity index is 2.53. The highest BCUT2D eigenvalue weighted by molar-refractivity contribution is 6.31. The lowest BCUT2D eigenvalue weighted by Gasteiger charge is -2.12. The molecule has 19 heavy (non-hydrogen) atoms. The van der Waals surface area contributed by atoms with Gasteiger partial charge in [-0.3, -0.25) is 4.79 Å². The molecule has 106 valence electrons. The number of benzene rings is 1. The van der Waals surface area contributed by atoms with Crippen molar-refractivity contribution in [3.8, 4) is 5.75 Å². The number of carbonyl (C=O) groups excluding carboxylic acids is 1. The van der Waals surface area contributed by atoms with Crippen LogP contribution in [0.4, 0.5) is 13.2 Å². The second-order valence-corrected chi connectivity index (χ2v) is 4.01. The second-order valence-electron chi connectivity index (χ2n) is 3.60. The minimum atomic E-state index is -4.45. The summed E-state index contributed by atoms with van der Waals surface area (Å²) in [7, 11) is 0. The molecule has 1 aromatic rings. The first-order valence-electron chi connectivity index (χ1n) is 5.27. The van der Waals surface area contributed by atoms with Crippen LogP contribution in [0.1, 0.15) is 5.56 Å². The summed E-state index contributed by atoms with van der Waals surface area (Å²) in [6.45, 7) is -1.84. The Morgan fingerprint density at radius 1 is 1.42 bits per heavy atom. The molecule has 0 aromatic heterocycles. The van der Waals surface area contributed by atoms with Gasteiger partial charge in [-0.25, -0.2) is 0 Å². The van der Waals surface area contributed by atoms with Gasteiger partial charge < -0.3 is 15.8 Å². The molecule has 0 aliphatic carbocycles. The average molecular weight is 297 g/mol. The molecule has 0 bridgehead atoms. The minimum Gasteiger partial charge on any atom is -0.483 e. The van der Waals surface area contributed by atoms with Gasteiger partial charge in [-0.1, -0.05) is 17.7 Å². The monoisotopic (exact) mass is 296 g/mol. The Kier molecular flexibility index (Phi) is 5.44. The summed E-state index contributed by atoms with van der Waals surface area (Å²) in [5.41, 5.74) is 5.95. The van der Waals surface area contributed by atoms with Gasteiger partial charge in [-0.15, -0.1) is 0 Å². The number of amides is 1. The largest absolute Gasteiger partial charge is 0.483 e. The molecule has 0 fully saturated rings. The fraction of sp³-hybridized carbons (Fsp3) is 0.364. The number of nitrogens with two attached hydrogens (primary N) is 1. The summed E-state index contributed by atoms with van der Waals surface area (Å²) in [6.07, 6.45) is -4.45. The number of ether oxygens (including phenoxy) is 1. The molecule has 0 spiro atoms. The lowest BCUT2D eigenvalue weighted by molar-refractivity contribution is -0.139. The SMILES string of the molecule is NCc1c(Cl)cccc1OCC(=O)NCC(F)(F)F. The first-order valence-corrected chi connectivity index (χ1v) is 5.65. The fourth-order valence-electron chi connectivity index (χ4n) is 1.27. The van der Waals surface area contributed by atoms with Crippen LogP contribution in [0.2, 0.25) is 5.02 Å². The van der Waals surface area contributed by atoms with Gasteiger partial charge in [0.2, 0.25) is 0 Å². The molecular formula is C11H12ClF3N2O2. The predicted octanol–water partition coefficient (Wildman–Crippen LogP) is 1.86. The zero-order valence-corrected chi connectivity index (χ0v) is 10.5. The maximum Gasteiger partial charge on any atom is 0.405 e. The highest BCUT2D eigenvalue weighted by Crippen LogP contribution is 2.25. The van der Waals surface area contributed by atoms with Crippen LogP contribution in [0.25, 0.3) is 0 Å². The molecule has 1 amide bonds. The van der Waals surface area contributed by atoms with Crippen molar-refractivity contribution < 1.29 is 22.7 Å². The van der Waals surface area contributed by atoms with E-state index in [0.717, 1.165) is 0 Å². The first-order chi connectivity index (χ1) is 8.83. The smallest absolute Gasteiger partial charge is 0.405 e. The Morgan fingerprint density at radius 2 is 2.11 bits per heavy atom. The molecule has 0 unspecified atom stereocenters. The summed E-state index contributed by atoms with van der Waals surface area (Å²) in [6, 6.07) is 4.72. The van der Waals surface area contributed by atoms with Crippen molar-refractivity contribution in [1.82, 2.24) is 5.32 Å². The standard InChI is InChI=1S/C11H12ClF3N2O2/c12-8-2-1-3-9(7(8)4-16)19-5-10(18)17-6-11(13,14)15/h1-3H,4-6,16H2,(H,17,18). The number of carbonyl (C=O) groups is 1. The van der Waals surface area contributed by atoms with Crippen LogP contribution in [0.5, 0.6) is 5.75 Å². The quantitative estimate of drug-likeness (QED) is 0.871. The lowest BCUT2D eigenvalue weighted by atomic mass is 10.2. The van der Waals surface area contributed by atoms with Crippen LogP contribution < -0.4 is 15.8 Å². The predicted molar refractivity (Wildman–Crippen MR) is 63.9 cm³/mol. The van der Waals surface area contributed by atoms with E-state index in [1.807, 2.05) is 0 Å². The second kappa shape index (κ2) is 6.63. The van der Waals surface area contributed by atoms with E-state index < -0.39 is 25.2 Å². The van der Waals surface area contributed by atoms with Crippen molar-refractivity contribution in [2.24, 2.45) is 5.73 Å². The highest BCUT2D eigenvalue weighted by atomic mass is 35.5. The van der Waals surface area contributed by atoms with Crippen molar-refractivity contribution in [3.05, 3.63) is 28.8 Å². The molecule has 0 saturated carbocycles. The Bertz CT molecular complexity index is 452. The molecule has 3 N–H and O–H groups in total. The zero-order valence-electron chi connectivity index (χ0n) is 9.76. The zero-order chi connectivity index (χ0) is 14.5. The molecule has 0 atom stereocenters. The maximum absolute atomic E-state index is 11.9. The highest BCUT2D eigenvalue weighted by Gasteiger charge is 2.27. The molecular weight excluding hydrogens is 285 g/mol. The molecule has 1 rings (SSSR count). The van der Waals surface area contributed by atoms with Gasteiger partial charge in [0.15, 0.2) is 6.61 Å². The molecule has 4 nitrogen and oxygen atoms in total. The van der Waals surface area contributed by atoms with E-state index >= 15 is 0 Å². The van der Waals surface area contributed by atoms with Crippen molar-refractivity contribution in [2.75, 3.05) is 13.2 Å². The van der Waals surface area contributed by atoms with E-state index in [1.165, 1.54) is 6.07 Å². The van der Waals surface area contributed by atoms with E-state index in [1.54, 1.807) is 17.4 Å². The third-order valence-corrected chi connectivity index (χ3v) is 2.48. The third-order valence-electron chi connectivity index (χ3n) is 2.12. The molecule has 0 radical (unpaired) electrons. The maximum atomic E-state index is 11.9. The Labute approximate surface area is 112 Å². The van der Waals surface area contributed by atoms with E-state index in [4.69, 9.17) is 22.1 Å². The van der Waals surface area contributed by atoms with Crippen molar-refractivity contribution in [2.45, 2.75) is 12.7 Å². The van der Waals surface area contributed by atoms with E-state index in [2.05, 4.69) is 0 Å². The normalized spacial score (nSPS) is 11.2. The van der Waals surface area contributed by atoms with Crippen LogP contribution in [0.15, 0.2) is 18.2 Å². The summed E-state index contributed by atoms with van der Waals surface area (Å²) in [4.78, 5) is 11.1. The molecule has 8 heteroatoms. The van der Waals surface area contributed by atoms with Gasteiger partial charge in [0.05, 0.1) is 0 Å². The van der Waals surface area contributed by atoms with Gasteiger partial charge >= 0.3 is 6.18 Å². The first kappa shape index (κ1) is 15.6. The van der Waals surface area contributed by atoms with Gasteiger partial charge in [0.1, 0.15) is 12.3 Å². The summed E-state index contributed by atoms with van der Waals surface area (Å²) in [5.74, 6) is -0.600. The summed E-state index contributed by atoms with van der Waals surface area (Å²) >= 11 is 5.86. The summed E-state index contributed by atoms with van der Waals surface area (Å²) < 4.78 is 40.7. The van der Waals surface area contributed by atoms with Crippen LogP contribution in [0.3, 0.4) is 0 Å². The van der Waals surface area contributed by atoms with E-state index in [9.17, 15) is 18.0 Å². The lowest BCUT2D eigenvalue weighted by Crippen LogP contribution is -2.36. The Hall–Kier alpha value is -1.47. The van der Waals surface area contributed by atoms with E-state index in [-0.39, 0.29) is 12.3 Å². The number of alkyl halides is 3. The van der Waals surface area contributed by atoms with Crippen molar-refractivity contribution >= 4 is 17.5 Å². The average Bonchev–Trinajstić information content (AvgIpc) is 2.33.